The van der Waals surface area contributed by atoms with E-state index in [4.69, 9.17) is 20.9 Å². The maximum atomic E-state index is 14.6. The van der Waals surface area contributed by atoms with Crippen LogP contribution in [-0.4, -0.2) is 24.1 Å². The number of hydrogen-bond acceptors (Lipinski definition) is 6. The highest BCUT2D eigenvalue weighted by Gasteiger charge is 2.28. The molecule has 3 aromatic carbocycles. The maximum absolute atomic E-state index is 14.6. The maximum Gasteiger partial charge on any atom is 0.341 e. The number of aryl methyl sites for hydroxylation is 1. The molecule has 5 aromatic rings. The minimum absolute atomic E-state index is 0.00924. The van der Waals surface area contributed by atoms with E-state index in [0.717, 1.165) is 16.7 Å². The van der Waals surface area contributed by atoms with Gasteiger partial charge in [-0.3, -0.25) is 4.79 Å². The largest absolute Gasteiger partial charge is 0.465 e. The summed E-state index contributed by atoms with van der Waals surface area (Å²) in [5.41, 5.74) is 3.62. The Morgan fingerprint density at radius 3 is 2.32 bits per heavy atom. The van der Waals surface area contributed by atoms with Crippen LogP contribution in [0.5, 0.6) is 0 Å². The summed E-state index contributed by atoms with van der Waals surface area (Å²) in [6.07, 6.45) is 0. The molecular formula is C29H20ClFN2O4S. The van der Waals surface area contributed by atoms with E-state index in [2.05, 4.69) is 10.5 Å². The Balaban J connectivity index is 1.50. The predicted molar refractivity (Wildman–Crippen MR) is 146 cm³/mol. The lowest BCUT2D eigenvalue weighted by Gasteiger charge is -2.09. The van der Waals surface area contributed by atoms with Crippen molar-refractivity contribution < 1.29 is 23.2 Å². The summed E-state index contributed by atoms with van der Waals surface area (Å²) >= 11 is 7.38. The Labute approximate surface area is 226 Å². The lowest BCUT2D eigenvalue weighted by atomic mass is 9.99. The lowest BCUT2D eigenvalue weighted by molar-refractivity contribution is 0.0603. The molecule has 1 N–H and O–H groups in total. The van der Waals surface area contributed by atoms with Crippen LogP contribution in [0, 0.1) is 12.7 Å². The molecule has 0 bridgehead atoms. The number of carbonyl (C=O) groups excluding carboxylic acids is 2. The molecule has 2 heterocycles. The van der Waals surface area contributed by atoms with Crippen molar-refractivity contribution in [3.8, 4) is 33.5 Å². The average Bonchev–Trinajstić information content (AvgIpc) is 3.52. The van der Waals surface area contributed by atoms with Crippen molar-refractivity contribution in [1.82, 2.24) is 5.16 Å². The van der Waals surface area contributed by atoms with Crippen molar-refractivity contribution in [3.63, 3.8) is 0 Å². The Morgan fingerprint density at radius 2 is 1.63 bits per heavy atom. The molecule has 0 unspecified atom stereocenters. The number of nitrogens with zero attached hydrogens (tertiary/aromatic N) is 1. The van der Waals surface area contributed by atoms with Crippen LogP contribution < -0.4 is 5.32 Å². The van der Waals surface area contributed by atoms with Crippen molar-refractivity contribution in [2.75, 3.05) is 12.4 Å². The number of esters is 1. The molecule has 0 aliphatic carbocycles. The van der Waals surface area contributed by atoms with Crippen molar-refractivity contribution in [3.05, 3.63) is 106 Å². The number of nitrogens with one attached hydrogen (secondary N) is 1. The summed E-state index contributed by atoms with van der Waals surface area (Å²) in [7, 11) is 1.27. The lowest BCUT2D eigenvalue weighted by Crippen LogP contribution is -2.15. The molecule has 0 aliphatic heterocycles. The quantitative estimate of drug-likeness (QED) is 0.219. The summed E-state index contributed by atoms with van der Waals surface area (Å²) in [6.45, 7) is 1.54. The van der Waals surface area contributed by atoms with Gasteiger partial charge < -0.3 is 14.6 Å². The van der Waals surface area contributed by atoms with Crippen LogP contribution >= 0.6 is 22.9 Å². The third kappa shape index (κ3) is 4.71. The van der Waals surface area contributed by atoms with Gasteiger partial charge in [0.2, 0.25) is 0 Å². The standard InChI is InChI=1S/C29H20ClFN2O4S/c1-16-23(26(33-37-16)25-21(30)9-6-10-22(25)31)27(34)32-28-24(29(35)36-2)20(15-38-28)19-13-11-18(12-14-19)17-7-4-3-5-8-17/h3-15H,1-2H3,(H,32,34). The molecule has 0 aliphatic rings. The predicted octanol–water partition coefficient (Wildman–Crippen LogP) is 7.88. The zero-order valence-corrected chi connectivity index (χ0v) is 21.8. The third-order valence-electron chi connectivity index (χ3n) is 6.00. The van der Waals surface area contributed by atoms with E-state index >= 15 is 0 Å². The van der Waals surface area contributed by atoms with E-state index in [1.807, 2.05) is 54.6 Å². The number of hydrogen-bond donors (Lipinski definition) is 1. The molecule has 9 heteroatoms. The van der Waals surface area contributed by atoms with Gasteiger partial charge in [0.05, 0.1) is 17.7 Å². The molecule has 1 amide bonds. The minimum Gasteiger partial charge on any atom is -0.465 e. The highest BCUT2D eigenvalue weighted by Crippen LogP contribution is 2.38. The first-order valence-electron chi connectivity index (χ1n) is 11.5. The van der Waals surface area contributed by atoms with Gasteiger partial charge in [0.1, 0.15) is 33.4 Å². The summed E-state index contributed by atoms with van der Waals surface area (Å²) in [5.74, 6) is -1.71. The van der Waals surface area contributed by atoms with Crippen LogP contribution in [0.15, 0.2) is 82.7 Å². The molecular weight excluding hydrogens is 527 g/mol. The highest BCUT2D eigenvalue weighted by atomic mass is 35.5. The summed E-state index contributed by atoms with van der Waals surface area (Å²) < 4.78 is 24.8. The Morgan fingerprint density at radius 1 is 0.947 bits per heavy atom. The van der Waals surface area contributed by atoms with Gasteiger partial charge in [0.15, 0.2) is 0 Å². The first kappa shape index (κ1) is 25.4. The van der Waals surface area contributed by atoms with E-state index in [1.165, 1.54) is 43.6 Å². The highest BCUT2D eigenvalue weighted by molar-refractivity contribution is 7.15. The zero-order chi connectivity index (χ0) is 26.8. The summed E-state index contributed by atoms with van der Waals surface area (Å²) in [6, 6.07) is 21.8. The van der Waals surface area contributed by atoms with Gasteiger partial charge in [-0.05, 0) is 35.7 Å². The van der Waals surface area contributed by atoms with Crippen molar-refractivity contribution in [2.24, 2.45) is 0 Å². The minimum atomic E-state index is -0.646. The molecule has 2 aromatic heterocycles. The fourth-order valence-corrected chi connectivity index (χ4v) is 5.34. The topological polar surface area (TPSA) is 81.4 Å². The van der Waals surface area contributed by atoms with Crippen LogP contribution in [0.2, 0.25) is 5.02 Å². The molecule has 0 fully saturated rings. The van der Waals surface area contributed by atoms with Gasteiger partial charge in [-0.15, -0.1) is 11.3 Å². The Bertz CT molecular complexity index is 1630. The second-order valence-electron chi connectivity index (χ2n) is 8.30. The summed E-state index contributed by atoms with van der Waals surface area (Å²) in [4.78, 5) is 26.2. The van der Waals surface area contributed by atoms with Crippen molar-refractivity contribution >= 4 is 39.8 Å². The second-order valence-corrected chi connectivity index (χ2v) is 9.59. The van der Waals surface area contributed by atoms with Crippen molar-refractivity contribution in [1.29, 1.82) is 0 Å². The average molecular weight is 547 g/mol. The normalized spacial score (nSPS) is 10.8. The first-order chi connectivity index (χ1) is 18.4. The van der Waals surface area contributed by atoms with Crippen LogP contribution in [-0.2, 0) is 4.74 Å². The molecule has 0 saturated carbocycles. The van der Waals surface area contributed by atoms with Crippen LogP contribution in [0.3, 0.4) is 0 Å². The van der Waals surface area contributed by atoms with Crippen LogP contribution in [0.4, 0.5) is 9.39 Å². The number of amides is 1. The van der Waals surface area contributed by atoms with Crippen molar-refractivity contribution in [2.45, 2.75) is 6.92 Å². The van der Waals surface area contributed by atoms with E-state index < -0.39 is 17.7 Å². The van der Waals surface area contributed by atoms with E-state index in [1.54, 1.807) is 5.38 Å². The second kappa shape index (κ2) is 10.6. The molecule has 0 saturated heterocycles. The third-order valence-corrected chi connectivity index (χ3v) is 7.21. The number of thiophene rings is 1. The van der Waals surface area contributed by atoms with Crippen LogP contribution in [0.1, 0.15) is 26.5 Å². The number of carbonyl (C=O) groups is 2. The van der Waals surface area contributed by atoms with Gasteiger partial charge >= 0.3 is 5.97 Å². The number of anilines is 1. The Kier molecular flexibility index (Phi) is 7.09. The number of rotatable bonds is 6. The molecule has 38 heavy (non-hydrogen) atoms. The molecule has 0 radical (unpaired) electrons. The summed E-state index contributed by atoms with van der Waals surface area (Å²) in [5, 5.41) is 8.77. The smallest absolute Gasteiger partial charge is 0.341 e. The number of halogens is 2. The fraction of sp³-hybridized carbons (Fsp3) is 0.0690. The first-order valence-corrected chi connectivity index (χ1v) is 12.7. The van der Waals surface area contributed by atoms with Gasteiger partial charge in [-0.25, -0.2) is 9.18 Å². The van der Waals surface area contributed by atoms with E-state index in [-0.39, 0.29) is 38.2 Å². The number of methoxy groups -OCH3 is 1. The Hall–Kier alpha value is -4.27. The zero-order valence-electron chi connectivity index (χ0n) is 20.2. The molecule has 6 nitrogen and oxygen atoms in total. The van der Waals surface area contributed by atoms with E-state index in [9.17, 15) is 14.0 Å². The van der Waals surface area contributed by atoms with Gasteiger partial charge in [-0.2, -0.15) is 0 Å². The number of aromatic nitrogens is 1. The molecule has 0 spiro atoms. The van der Waals surface area contributed by atoms with Gasteiger partial charge in [0, 0.05) is 10.9 Å². The van der Waals surface area contributed by atoms with Gasteiger partial charge in [-0.1, -0.05) is 77.4 Å². The van der Waals surface area contributed by atoms with E-state index in [0.29, 0.717) is 5.56 Å². The number of ether oxygens (including phenoxy) is 1. The van der Waals surface area contributed by atoms with Gasteiger partial charge in [0.25, 0.3) is 5.91 Å². The molecule has 0 atom stereocenters. The molecule has 190 valence electrons. The van der Waals surface area contributed by atoms with Crippen LogP contribution in [0.25, 0.3) is 33.5 Å². The number of benzene rings is 3. The SMILES string of the molecule is COC(=O)c1c(-c2ccc(-c3ccccc3)cc2)csc1NC(=O)c1c(-c2c(F)cccc2Cl)noc1C. The fourth-order valence-electron chi connectivity index (χ4n) is 4.14. The monoisotopic (exact) mass is 546 g/mol. The molecule has 5 rings (SSSR count).